The number of nitrogens with zero attached hydrogens (tertiary/aromatic N) is 3. The van der Waals surface area contributed by atoms with Gasteiger partial charge in [-0.15, -0.1) is 0 Å². The first kappa shape index (κ1) is 19.7. The second-order valence-electron chi connectivity index (χ2n) is 6.29. The molecule has 1 aliphatic rings. The maximum atomic E-state index is 14.0. The van der Waals surface area contributed by atoms with Crippen molar-refractivity contribution in [2.45, 2.75) is 25.7 Å². The number of carboxylic acids is 1. The van der Waals surface area contributed by atoms with Gasteiger partial charge in [0.15, 0.2) is 5.82 Å². The SMILES string of the molecule is C=C(Cl)/C=C(\C(=C)F)c1nc2c(c(Nc3ccncc3C(=O)O)n1)CCCC2. The molecular formula is C20H18ClFN4O2. The van der Waals surface area contributed by atoms with E-state index in [0.717, 1.165) is 36.9 Å². The molecule has 144 valence electrons. The Hall–Kier alpha value is -3.06. The number of nitrogens with one attached hydrogen (secondary N) is 1. The van der Waals surface area contributed by atoms with Gasteiger partial charge in [-0.2, -0.15) is 0 Å². The molecule has 2 aromatic rings. The van der Waals surface area contributed by atoms with Gasteiger partial charge in [-0.05, 0) is 37.8 Å². The van der Waals surface area contributed by atoms with Crippen LogP contribution in [0.25, 0.3) is 5.57 Å². The van der Waals surface area contributed by atoms with E-state index in [1.807, 2.05) is 0 Å². The predicted molar refractivity (Wildman–Crippen MR) is 106 cm³/mol. The zero-order valence-corrected chi connectivity index (χ0v) is 15.8. The molecule has 0 saturated heterocycles. The quantitative estimate of drug-likeness (QED) is 0.676. The summed E-state index contributed by atoms with van der Waals surface area (Å²) in [6, 6.07) is 1.55. The van der Waals surface area contributed by atoms with Crippen molar-refractivity contribution in [3.05, 3.63) is 71.2 Å². The second-order valence-corrected chi connectivity index (χ2v) is 6.77. The number of fused-ring (bicyclic) bond motifs is 1. The highest BCUT2D eigenvalue weighted by molar-refractivity contribution is 6.31. The van der Waals surface area contributed by atoms with Crippen LogP contribution in [0.3, 0.4) is 0 Å². The normalized spacial score (nSPS) is 13.6. The van der Waals surface area contributed by atoms with E-state index in [-0.39, 0.29) is 22.0 Å². The highest BCUT2D eigenvalue weighted by Crippen LogP contribution is 2.32. The van der Waals surface area contributed by atoms with Gasteiger partial charge in [-0.1, -0.05) is 24.8 Å². The van der Waals surface area contributed by atoms with Gasteiger partial charge < -0.3 is 10.4 Å². The van der Waals surface area contributed by atoms with Crippen LogP contribution in [-0.4, -0.2) is 26.0 Å². The minimum Gasteiger partial charge on any atom is -0.478 e. The van der Waals surface area contributed by atoms with Gasteiger partial charge >= 0.3 is 5.97 Å². The lowest BCUT2D eigenvalue weighted by Gasteiger charge is -2.21. The maximum absolute atomic E-state index is 14.0. The third-order valence-corrected chi connectivity index (χ3v) is 4.43. The molecule has 2 heterocycles. The van der Waals surface area contributed by atoms with Crippen molar-refractivity contribution in [2.75, 3.05) is 5.32 Å². The highest BCUT2D eigenvalue weighted by Gasteiger charge is 2.22. The smallest absolute Gasteiger partial charge is 0.339 e. The van der Waals surface area contributed by atoms with Gasteiger partial charge in [0.05, 0.1) is 11.3 Å². The van der Waals surface area contributed by atoms with E-state index in [9.17, 15) is 14.3 Å². The number of aromatic nitrogens is 3. The molecule has 0 unspecified atom stereocenters. The van der Waals surface area contributed by atoms with Crippen LogP contribution in [0.1, 0.15) is 40.3 Å². The molecule has 28 heavy (non-hydrogen) atoms. The number of allylic oxidation sites excluding steroid dienone is 4. The zero-order valence-electron chi connectivity index (χ0n) is 15.0. The lowest BCUT2D eigenvalue weighted by atomic mass is 9.96. The van der Waals surface area contributed by atoms with Crippen LogP contribution in [0.2, 0.25) is 0 Å². The molecule has 2 aromatic heterocycles. The Bertz CT molecular complexity index is 1000. The highest BCUT2D eigenvalue weighted by atomic mass is 35.5. The summed E-state index contributed by atoms with van der Waals surface area (Å²) in [5.74, 6) is -1.31. The molecule has 1 aliphatic carbocycles. The fourth-order valence-electron chi connectivity index (χ4n) is 3.04. The van der Waals surface area contributed by atoms with Crippen LogP contribution >= 0.6 is 11.6 Å². The summed E-state index contributed by atoms with van der Waals surface area (Å²) in [6.07, 6.45) is 7.42. The molecule has 8 heteroatoms. The molecule has 0 amide bonds. The Labute approximate surface area is 166 Å². The Morgan fingerprint density at radius 2 is 2.04 bits per heavy atom. The van der Waals surface area contributed by atoms with E-state index >= 15 is 0 Å². The van der Waals surface area contributed by atoms with Gasteiger partial charge in [0.25, 0.3) is 0 Å². The predicted octanol–water partition coefficient (Wildman–Crippen LogP) is 4.81. The lowest BCUT2D eigenvalue weighted by molar-refractivity contribution is 0.0697. The molecule has 0 fully saturated rings. The Kier molecular flexibility index (Phi) is 5.84. The number of rotatable bonds is 6. The maximum Gasteiger partial charge on any atom is 0.339 e. The van der Waals surface area contributed by atoms with Gasteiger partial charge in [0, 0.05) is 28.7 Å². The minimum atomic E-state index is -1.12. The molecule has 6 nitrogen and oxygen atoms in total. The van der Waals surface area contributed by atoms with Crippen molar-refractivity contribution < 1.29 is 14.3 Å². The monoisotopic (exact) mass is 400 g/mol. The number of carbonyl (C=O) groups is 1. The number of carboxylic acid groups (broad SMARTS) is 1. The molecule has 0 aliphatic heterocycles. The number of aromatic carboxylic acids is 1. The lowest BCUT2D eigenvalue weighted by Crippen LogP contribution is -2.14. The fraction of sp³-hybridized carbons (Fsp3) is 0.200. The summed E-state index contributed by atoms with van der Waals surface area (Å²) in [6.45, 7) is 6.88. The second kappa shape index (κ2) is 8.31. The molecule has 0 spiro atoms. The van der Waals surface area contributed by atoms with Crippen molar-refractivity contribution in [3.63, 3.8) is 0 Å². The molecule has 3 rings (SSSR count). The Morgan fingerprint density at radius 1 is 1.29 bits per heavy atom. The van der Waals surface area contributed by atoms with E-state index in [1.54, 1.807) is 6.07 Å². The number of pyridine rings is 1. The summed E-state index contributed by atoms with van der Waals surface area (Å²) in [4.78, 5) is 24.3. The molecule has 0 atom stereocenters. The Morgan fingerprint density at radius 3 is 2.71 bits per heavy atom. The summed E-state index contributed by atoms with van der Waals surface area (Å²) in [5, 5.41) is 12.6. The number of hydrogen-bond acceptors (Lipinski definition) is 5. The van der Waals surface area contributed by atoms with Crippen LogP contribution in [-0.2, 0) is 12.8 Å². The van der Waals surface area contributed by atoms with Gasteiger partial charge in [0.1, 0.15) is 17.2 Å². The van der Waals surface area contributed by atoms with Crippen LogP contribution < -0.4 is 5.32 Å². The van der Waals surface area contributed by atoms with Crippen LogP contribution in [0.4, 0.5) is 15.9 Å². The first-order valence-corrected chi connectivity index (χ1v) is 9.00. The average Bonchev–Trinajstić information content (AvgIpc) is 2.66. The van der Waals surface area contributed by atoms with Crippen molar-refractivity contribution in [1.82, 2.24) is 15.0 Å². The van der Waals surface area contributed by atoms with Gasteiger partial charge in [-0.25, -0.2) is 19.2 Å². The summed E-state index contributed by atoms with van der Waals surface area (Å²) in [7, 11) is 0. The number of hydrogen-bond donors (Lipinski definition) is 2. The summed E-state index contributed by atoms with van der Waals surface area (Å²) >= 11 is 5.81. The van der Waals surface area contributed by atoms with Crippen LogP contribution in [0, 0.1) is 0 Å². The summed E-state index contributed by atoms with van der Waals surface area (Å²) < 4.78 is 14.0. The van der Waals surface area contributed by atoms with Crippen molar-refractivity contribution in [2.24, 2.45) is 0 Å². The topological polar surface area (TPSA) is 88.0 Å². The summed E-state index contributed by atoms with van der Waals surface area (Å²) in [5.41, 5.74) is 2.05. The number of anilines is 2. The van der Waals surface area contributed by atoms with E-state index in [2.05, 4.69) is 33.4 Å². The molecular weight excluding hydrogens is 383 g/mol. The first-order valence-electron chi connectivity index (χ1n) is 8.62. The standard InChI is InChI=1S/C20H18ClFN4O2/c1-11(21)9-14(12(2)22)19-24-16-6-4-3-5-13(16)18(26-19)25-17-7-8-23-10-15(17)20(27)28/h7-10H,1-6H2,(H,27,28)(H,23,24,25,26)/b14-9+. The number of halogens is 2. The molecule has 2 N–H and O–H groups in total. The van der Waals surface area contributed by atoms with Crippen LogP contribution in [0.5, 0.6) is 0 Å². The van der Waals surface area contributed by atoms with Crippen LogP contribution in [0.15, 0.2) is 48.6 Å². The zero-order chi connectivity index (χ0) is 20.3. The van der Waals surface area contributed by atoms with Gasteiger partial charge in [-0.3, -0.25) is 4.98 Å². The molecule has 0 radical (unpaired) electrons. The molecule has 0 bridgehead atoms. The van der Waals surface area contributed by atoms with Gasteiger partial charge in [0.2, 0.25) is 0 Å². The largest absolute Gasteiger partial charge is 0.478 e. The van der Waals surface area contributed by atoms with E-state index < -0.39 is 11.8 Å². The number of aryl methyl sites for hydroxylation is 1. The molecule has 0 aromatic carbocycles. The van der Waals surface area contributed by atoms with Crippen molar-refractivity contribution >= 4 is 34.6 Å². The Balaban J connectivity index is 2.14. The van der Waals surface area contributed by atoms with E-state index in [1.165, 1.54) is 18.5 Å². The van der Waals surface area contributed by atoms with E-state index in [4.69, 9.17) is 11.6 Å². The van der Waals surface area contributed by atoms with Crippen molar-refractivity contribution in [3.8, 4) is 0 Å². The average molecular weight is 401 g/mol. The van der Waals surface area contributed by atoms with Crippen molar-refractivity contribution in [1.29, 1.82) is 0 Å². The third-order valence-electron chi connectivity index (χ3n) is 4.32. The third kappa shape index (κ3) is 4.26. The van der Waals surface area contributed by atoms with E-state index in [0.29, 0.717) is 11.5 Å². The molecule has 0 saturated carbocycles. The fourth-order valence-corrected chi connectivity index (χ4v) is 3.15. The first-order chi connectivity index (χ1) is 13.4. The minimum absolute atomic E-state index is 0.00650.